The predicted molar refractivity (Wildman–Crippen MR) is 52.8 cm³/mol. The number of aryl methyl sites for hydroxylation is 1. The van der Waals surface area contributed by atoms with Gasteiger partial charge in [-0.1, -0.05) is 0 Å². The van der Waals surface area contributed by atoms with E-state index in [1.165, 1.54) is 12.1 Å². The molecule has 0 aliphatic carbocycles. The zero-order valence-corrected chi connectivity index (χ0v) is 8.51. The lowest BCUT2D eigenvalue weighted by Crippen LogP contribution is -2.26. The van der Waals surface area contributed by atoms with Gasteiger partial charge in [0.1, 0.15) is 0 Å². The Kier molecular flexibility index (Phi) is 2.30. The van der Waals surface area contributed by atoms with Crippen molar-refractivity contribution in [2.75, 3.05) is 6.54 Å². The fraction of sp³-hybridized carbons (Fsp3) is 0.667. The van der Waals surface area contributed by atoms with Gasteiger partial charge >= 0.3 is 0 Å². The molecule has 0 bridgehead atoms. The highest BCUT2D eigenvalue weighted by Crippen LogP contribution is 2.25. The molecule has 0 spiro atoms. The van der Waals surface area contributed by atoms with E-state index in [-0.39, 0.29) is 0 Å². The molecule has 2 rings (SSSR count). The molecule has 1 atom stereocenters. The number of fused-ring (bicyclic) bond motifs is 1. The first-order valence-corrected chi connectivity index (χ1v) is 5.01. The number of hydrogen-bond donors (Lipinski definition) is 1. The minimum absolute atomic E-state index is 0.568. The summed E-state index contributed by atoms with van der Waals surface area (Å²) in [4.78, 5) is 4.25. The topological polar surface area (TPSA) is 43.8 Å². The summed E-state index contributed by atoms with van der Waals surface area (Å²) in [6.45, 7) is 3.69. The Bertz CT molecular complexity index is 319. The van der Waals surface area contributed by atoms with Crippen LogP contribution in [0.15, 0.2) is 0 Å². The van der Waals surface area contributed by atoms with Crippen LogP contribution in [0.2, 0.25) is 5.28 Å². The summed E-state index contributed by atoms with van der Waals surface area (Å²) in [5, 5.41) is 0.616. The van der Waals surface area contributed by atoms with Gasteiger partial charge in [0.15, 0.2) is 0 Å². The van der Waals surface area contributed by atoms with Crippen molar-refractivity contribution in [2.24, 2.45) is 11.7 Å². The summed E-state index contributed by atoms with van der Waals surface area (Å²) < 4.78 is 2.10. The minimum Gasteiger partial charge on any atom is -0.330 e. The van der Waals surface area contributed by atoms with Gasteiger partial charge in [-0.05, 0) is 43.8 Å². The van der Waals surface area contributed by atoms with Crippen LogP contribution in [0.1, 0.15) is 17.8 Å². The monoisotopic (exact) mass is 199 g/mol. The molecule has 2 N–H and O–H groups in total. The Balaban J connectivity index is 2.33. The lowest BCUT2D eigenvalue weighted by Gasteiger charge is -2.23. The number of nitrogens with two attached hydrogens (primary N) is 1. The largest absolute Gasteiger partial charge is 0.330 e. The quantitative estimate of drug-likeness (QED) is 0.743. The average Bonchev–Trinajstić information content (AvgIpc) is 2.42. The lowest BCUT2D eigenvalue weighted by molar-refractivity contribution is 0.378. The molecule has 0 saturated heterocycles. The number of aromatic nitrogens is 2. The van der Waals surface area contributed by atoms with E-state index >= 15 is 0 Å². The number of rotatable bonds is 1. The third-order valence-corrected chi connectivity index (χ3v) is 3.08. The summed E-state index contributed by atoms with van der Waals surface area (Å²) in [6, 6.07) is 0. The molecule has 0 fully saturated rings. The Labute approximate surface area is 82.9 Å². The number of nitrogens with zero attached hydrogens (tertiary/aromatic N) is 2. The van der Waals surface area contributed by atoms with Crippen molar-refractivity contribution in [1.29, 1.82) is 0 Å². The van der Waals surface area contributed by atoms with Crippen LogP contribution in [0, 0.1) is 12.8 Å². The average molecular weight is 200 g/mol. The van der Waals surface area contributed by atoms with E-state index in [2.05, 4.69) is 9.55 Å². The van der Waals surface area contributed by atoms with Crippen LogP contribution in [-0.2, 0) is 13.0 Å². The van der Waals surface area contributed by atoms with E-state index in [1.807, 2.05) is 6.92 Å². The van der Waals surface area contributed by atoms with Gasteiger partial charge in [0.25, 0.3) is 0 Å². The maximum absolute atomic E-state index is 6.00. The highest BCUT2D eigenvalue weighted by molar-refractivity contribution is 6.28. The first-order chi connectivity index (χ1) is 6.22. The van der Waals surface area contributed by atoms with Crippen LogP contribution in [0.25, 0.3) is 0 Å². The summed E-state index contributed by atoms with van der Waals surface area (Å²) in [7, 11) is 0. The van der Waals surface area contributed by atoms with Crippen LogP contribution in [0.4, 0.5) is 0 Å². The summed E-state index contributed by atoms with van der Waals surface area (Å²) >= 11 is 6.00. The van der Waals surface area contributed by atoms with Crippen molar-refractivity contribution in [3.05, 3.63) is 16.7 Å². The number of halogens is 1. The highest BCUT2D eigenvalue weighted by Gasteiger charge is 2.21. The highest BCUT2D eigenvalue weighted by atomic mass is 35.5. The van der Waals surface area contributed by atoms with Crippen molar-refractivity contribution in [3.63, 3.8) is 0 Å². The van der Waals surface area contributed by atoms with Crippen LogP contribution >= 0.6 is 11.6 Å². The predicted octanol–water partition coefficient (Wildman–Crippen LogP) is 1.37. The molecular weight excluding hydrogens is 186 g/mol. The molecule has 4 heteroatoms. The van der Waals surface area contributed by atoms with E-state index in [0.29, 0.717) is 11.2 Å². The van der Waals surface area contributed by atoms with E-state index in [4.69, 9.17) is 17.3 Å². The summed E-state index contributed by atoms with van der Waals surface area (Å²) in [5.74, 6) is 0.568. The molecule has 0 saturated carbocycles. The van der Waals surface area contributed by atoms with Crippen molar-refractivity contribution in [1.82, 2.24) is 9.55 Å². The Morgan fingerprint density at radius 2 is 2.46 bits per heavy atom. The molecule has 0 amide bonds. The molecule has 0 radical (unpaired) electrons. The second kappa shape index (κ2) is 3.31. The van der Waals surface area contributed by atoms with Crippen molar-refractivity contribution < 1.29 is 0 Å². The van der Waals surface area contributed by atoms with E-state index < -0.39 is 0 Å². The van der Waals surface area contributed by atoms with Crippen molar-refractivity contribution in [2.45, 2.75) is 26.3 Å². The third-order valence-electron chi connectivity index (χ3n) is 2.79. The standard InChI is InChI=1S/C9H14ClN3/c1-6-8-3-2-7(4-11)5-13(8)9(10)12-6/h7H,2-5,11H2,1H3. The van der Waals surface area contributed by atoms with Gasteiger partial charge in [-0.25, -0.2) is 4.98 Å². The molecule has 1 unspecified atom stereocenters. The summed E-state index contributed by atoms with van der Waals surface area (Å²) in [5.41, 5.74) is 8.00. The van der Waals surface area contributed by atoms with Gasteiger partial charge < -0.3 is 10.3 Å². The number of imidazole rings is 1. The molecule has 1 aromatic heterocycles. The van der Waals surface area contributed by atoms with Crippen molar-refractivity contribution >= 4 is 11.6 Å². The van der Waals surface area contributed by atoms with E-state index in [1.54, 1.807) is 0 Å². The van der Waals surface area contributed by atoms with Crippen LogP contribution < -0.4 is 5.73 Å². The molecular formula is C9H14ClN3. The summed E-state index contributed by atoms with van der Waals surface area (Å²) in [6.07, 6.45) is 2.23. The second-order valence-corrected chi connectivity index (χ2v) is 4.00. The minimum atomic E-state index is 0.568. The normalized spacial score (nSPS) is 21.6. The SMILES string of the molecule is Cc1nc(Cl)n2c1CCC(CN)C2. The maximum Gasteiger partial charge on any atom is 0.203 e. The molecule has 72 valence electrons. The first kappa shape index (κ1) is 9.03. The Morgan fingerprint density at radius 1 is 1.69 bits per heavy atom. The number of hydrogen-bond acceptors (Lipinski definition) is 2. The van der Waals surface area contributed by atoms with Crippen LogP contribution in [0.5, 0.6) is 0 Å². The van der Waals surface area contributed by atoms with Crippen LogP contribution in [0.3, 0.4) is 0 Å². The molecule has 13 heavy (non-hydrogen) atoms. The van der Waals surface area contributed by atoms with Crippen LogP contribution in [-0.4, -0.2) is 16.1 Å². The zero-order valence-electron chi connectivity index (χ0n) is 7.76. The fourth-order valence-corrected chi connectivity index (χ4v) is 2.25. The fourth-order valence-electron chi connectivity index (χ4n) is 1.95. The Hall–Kier alpha value is -0.540. The molecule has 2 heterocycles. The molecule has 1 aromatic rings. The van der Waals surface area contributed by atoms with E-state index in [9.17, 15) is 0 Å². The third kappa shape index (κ3) is 1.46. The molecule has 0 aromatic carbocycles. The van der Waals surface area contributed by atoms with Gasteiger partial charge in [0.2, 0.25) is 5.28 Å². The maximum atomic E-state index is 6.00. The second-order valence-electron chi connectivity index (χ2n) is 3.66. The molecule has 1 aliphatic heterocycles. The lowest BCUT2D eigenvalue weighted by atomic mass is 9.97. The van der Waals surface area contributed by atoms with Crippen molar-refractivity contribution in [3.8, 4) is 0 Å². The van der Waals surface area contributed by atoms with Gasteiger partial charge in [-0.15, -0.1) is 0 Å². The molecule has 3 nitrogen and oxygen atoms in total. The Morgan fingerprint density at radius 3 is 3.15 bits per heavy atom. The smallest absolute Gasteiger partial charge is 0.203 e. The van der Waals surface area contributed by atoms with Gasteiger partial charge in [0, 0.05) is 12.2 Å². The van der Waals surface area contributed by atoms with E-state index in [0.717, 1.165) is 25.2 Å². The van der Waals surface area contributed by atoms with Gasteiger partial charge in [-0.3, -0.25) is 0 Å². The first-order valence-electron chi connectivity index (χ1n) is 4.64. The zero-order chi connectivity index (χ0) is 9.42. The van der Waals surface area contributed by atoms with Gasteiger partial charge in [0.05, 0.1) is 5.69 Å². The van der Waals surface area contributed by atoms with Gasteiger partial charge in [-0.2, -0.15) is 0 Å². The molecule has 1 aliphatic rings.